The van der Waals surface area contributed by atoms with Crippen molar-refractivity contribution in [2.75, 3.05) is 11.9 Å². The monoisotopic (exact) mass is 346 g/mol. The molecule has 1 rings (SSSR count). The molecule has 7 heteroatoms. The van der Waals surface area contributed by atoms with Crippen molar-refractivity contribution in [1.82, 2.24) is 5.32 Å². The number of anilines is 1. The van der Waals surface area contributed by atoms with Crippen LogP contribution in [0.5, 0.6) is 0 Å². The van der Waals surface area contributed by atoms with Crippen LogP contribution in [0.15, 0.2) is 22.7 Å². The van der Waals surface area contributed by atoms with Crippen molar-refractivity contribution in [3.8, 4) is 0 Å². The molecule has 2 atom stereocenters. The summed E-state index contributed by atoms with van der Waals surface area (Å²) in [5.74, 6) is -2.43. The SMILES string of the molecule is CC(CO)C(C)NC(=O)C(=O)Nc1cc(F)ccc1Br. The summed E-state index contributed by atoms with van der Waals surface area (Å²) in [6.07, 6.45) is 0. The third-order valence-electron chi connectivity index (χ3n) is 2.88. The summed E-state index contributed by atoms with van der Waals surface area (Å²) >= 11 is 3.15. The first-order valence-corrected chi connectivity index (χ1v) is 6.82. The van der Waals surface area contributed by atoms with Crippen LogP contribution in [0, 0.1) is 11.7 Å². The number of benzene rings is 1. The van der Waals surface area contributed by atoms with Crippen LogP contribution in [0.25, 0.3) is 0 Å². The molecule has 0 aromatic heterocycles. The average Bonchev–Trinajstić information content (AvgIpc) is 2.41. The van der Waals surface area contributed by atoms with Gasteiger partial charge in [0.1, 0.15) is 5.82 Å². The Bertz CT molecular complexity index is 510. The van der Waals surface area contributed by atoms with Gasteiger partial charge in [0.15, 0.2) is 0 Å². The maximum absolute atomic E-state index is 13.1. The Morgan fingerprint density at radius 3 is 2.60 bits per heavy atom. The van der Waals surface area contributed by atoms with Crippen LogP contribution in [-0.4, -0.2) is 29.6 Å². The van der Waals surface area contributed by atoms with Crippen molar-refractivity contribution in [2.24, 2.45) is 5.92 Å². The summed E-state index contributed by atoms with van der Waals surface area (Å²) < 4.78 is 13.5. The van der Waals surface area contributed by atoms with E-state index in [1.807, 2.05) is 0 Å². The fourth-order valence-corrected chi connectivity index (χ4v) is 1.69. The van der Waals surface area contributed by atoms with Gasteiger partial charge in [0.25, 0.3) is 0 Å². The largest absolute Gasteiger partial charge is 0.396 e. The number of hydrogen-bond donors (Lipinski definition) is 3. The van der Waals surface area contributed by atoms with Gasteiger partial charge in [-0.05, 0) is 47.0 Å². The number of amides is 2. The van der Waals surface area contributed by atoms with E-state index in [1.54, 1.807) is 13.8 Å². The van der Waals surface area contributed by atoms with Crippen molar-refractivity contribution < 1.29 is 19.1 Å². The van der Waals surface area contributed by atoms with E-state index in [1.165, 1.54) is 12.1 Å². The van der Waals surface area contributed by atoms with Gasteiger partial charge in [-0.25, -0.2) is 4.39 Å². The van der Waals surface area contributed by atoms with Crippen molar-refractivity contribution in [2.45, 2.75) is 19.9 Å². The molecule has 110 valence electrons. The van der Waals surface area contributed by atoms with Crippen LogP contribution >= 0.6 is 15.9 Å². The molecule has 20 heavy (non-hydrogen) atoms. The minimum absolute atomic E-state index is 0.0987. The Hall–Kier alpha value is -1.47. The molecule has 0 heterocycles. The summed E-state index contributed by atoms with van der Waals surface area (Å²) in [5.41, 5.74) is 0.174. The first kappa shape index (κ1) is 16.6. The van der Waals surface area contributed by atoms with Crippen LogP contribution in [0.1, 0.15) is 13.8 Å². The minimum Gasteiger partial charge on any atom is -0.396 e. The smallest absolute Gasteiger partial charge is 0.313 e. The van der Waals surface area contributed by atoms with Crippen LogP contribution in [0.4, 0.5) is 10.1 Å². The van der Waals surface area contributed by atoms with Crippen LogP contribution in [0.2, 0.25) is 0 Å². The highest BCUT2D eigenvalue weighted by Crippen LogP contribution is 2.22. The molecule has 0 saturated carbocycles. The van der Waals surface area contributed by atoms with E-state index in [0.29, 0.717) is 4.47 Å². The fraction of sp³-hybridized carbons (Fsp3) is 0.385. The first-order valence-electron chi connectivity index (χ1n) is 6.03. The van der Waals surface area contributed by atoms with Gasteiger partial charge in [-0.3, -0.25) is 9.59 Å². The van der Waals surface area contributed by atoms with E-state index >= 15 is 0 Å². The molecule has 5 nitrogen and oxygen atoms in total. The summed E-state index contributed by atoms with van der Waals surface area (Å²) in [6.45, 7) is 3.33. The molecule has 1 aromatic carbocycles. The predicted molar refractivity (Wildman–Crippen MR) is 76.6 cm³/mol. The number of aliphatic hydroxyl groups excluding tert-OH is 1. The second-order valence-electron chi connectivity index (χ2n) is 4.50. The Labute approximate surface area is 124 Å². The quantitative estimate of drug-likeness (QED) is 0.725. The summed E-state index contributed by atoms with van der Waals surface area (Å²) in [4.78, 5) is 23.4. The van der Waals surface area contributed by atoms with Crippen LogP contribution < -0.4 is 10.6 Å². The number of carbonyl (C=O) groups is 2. The zero-order chi connectivity index (χ0) is 15.3. The minimum atomic E-state index is -0.895. The molecule has 3 N–H and O–H groups in total. The van der Waals surface area contributed by atoms with Gasteiger partial charge in [-0.1, -0.05) is 6.92 Å². The fourth-order valence-electron chi connectivity index (χ4n) is 1.35. The Kier molecular flexibility index (Phi) is 6.09. The van der Waals surface area contributed by atoms with E-state index in [9.17, 15) is 14.0 Å². The topological polar surface area (TPSA) is 78.4 Å². The molecular formula is C13H16BrFN2O3. The number of nitrogens with one attached hydrogen (secondary N) is 2. The lowest BCUT2D eigenvalue weighted by Gasteiger charge is -2.18. The second kappa shape index (κ2) is 7.35. The van der Waals surface area contributed by atoms with Crippen molar-refractivity contribution in [3.63, 3.8) is 0 Å². The second-order valence-corrected chi connectivity index (χ2v) is 5.35. The highest BCUT2D eigenvalue weighted by Gasteiger charge is 2.20. The van der Waals surface area contributed by atoms with E-state index in [2.05, 4.69) is 26.6 Å². The van der Waals surface area contributed by atoms with Crippen molar-refractivity contribution >= 4 is 33.4 Å². The van der Waals surface area contributed by atoms with Crippen LogP contribution in [-0.2, 0) is 9.59 Å². The lowest BCUT2D eigenvalue weighted by molar-refractivity contribution is -0.136. The van der Waals surface area contributed by atoms with Gasteiger partial charge in [0, 0.05) is 17.1 Å². The standard InChI is InChI=1S/C13H16BrFN2O3/c1-7(6-18)8(2)16-12(19)13(20)17-11-5-9(15)3-4-10(11)14/h3-5,7-8,18H,6H2,1-2H3,(H,16,19)(H,17,20). The maximum Gasteiger partial charge on any atom is 0.313 e. The third kappa shape index (κ3) is 4.57. The molecule has 0 aliphatic heterocycles. The lowest BCUT2D eigenvalue weighted by Crippen LogP contribution is -2.44. The first-order chi connectivity index (χ1) is 9.35. The average molecular weight is 347 g/mol. The van der Waals surface area contributed by atoms with Crippen molar-refractivity contribution in [1.29, 1.82) is 0 Å². The molecule has 0 bridgehead atoms. The summed E-state index contributed by atoms with van der Waals surface area (Å²) in [7, 11) is 0. The van der Waals surface area contributed by atoms with Gasteiger partial charge in [0.2, 0.25) is 0 Å². The Morgan fingerprint density at radius 1 is 1.35 bits per heavy atom. The highest BCUT2D eigenvalue weighted by molar-refractivity contribution is 9.10. The number of carbonyl (C=O) groups excluding carboxylic acids is 2. The third-order valence-corrected chi connectivity index (χ3v) is 3.57. The molecule has 0 aliphatic rings. The van der Waals surface area contributed by atoms with Gasteiger partial charge in [-0.2, -0.15) is 0 Å². The molecule has 0 fully saturated rings. The maximum atomic E-state index is 13.1. The normalized spacial score (nSPS) is 13.4. The summed E-state index contributed by atoms with van der Waals surface area (Å²) in [6, 6.07) is 3.41. The number of halogens is 2. The number of aliphatic hydroxyl groups is 1. The summed E-state index contributed by atoms with van der Waals surface area (Å²) in [5, 5.41) is 13.7. The molecular weight excluding hydrogens is 331 g/mol. The molecule has 1 aromatic rings. The van der Waals surface area contributed by atoms with E-state index < -0.39 is 17.6 Å². The molecule has 0 radical (unpaired) electrons. The number of hydrogen-bond acceptors (Lipinski definition) is 3. The van der Waals surface area contributed by atoms with E-state index in [0.717, 1.165) is 6.07 Å². The number of rotatable bonds is 4. The Morgan fingerprint density at radius 2 is 2.00 bits per heavy atom. The lowest BCUT2D eigenvalue weighted by atomic mass is 10.1. The van der Waals surface area contributed by atoms with E-state index in [4.69, 9.17) is 5.11 Å². The van der Waals surface area contributed by atoms with Gasteiger partial charge in [-0.15, -0.1) is 0 Å². The van der Waals surface area contributed by atoms with Gasteiger partial charge in [0.05, 0.1) is 5.69 Å². The zero-order valence-electron chi connectivity index (χ0n) is 11.1. The molecule has 2 amide bonds. The Balaban J connectivity index is 2.66. The van der Waals surface area contributed by atoms with Crippen LogP contribution in [0.3, 0.4) is 0 Å². The van der Waals surface area contributed by atoms with Gasteiger partial charge < -0.3 is 15.7 Å². The molecule has 0 spiro atoms. The molecule has 2 unspecified atom stereocenters. The van der Waals surface area contributed by atoms with Crippen molar-refractivity contribution in [3.05, 3.63) is 28.5 Å². The molecule has 0 saturated heterocycles. The predicted octanol–water partition coefficient (Wildman–Crippen LogP) is 1.66. The van der Waals surface area contributed by atoms with Gasteiger partial charge >= 0.3 is 11.8 Å². The highest BCUT2D eigenvalue weighted by atomic mass is 79.9. The van der Waals surface area contributed by atoms with E-state index in [-0.39, 0.29) is 24.3 Å². The zero-order valence-corrected chi connectivity index (χ0v) is 12.7. The molecule has 0 aliphatic carbocycles.